The Morgan fingerprint density at radius 3 is 2.75 bits per heavy atom. The molecule has 0 aromatic carbocycles. The van der Waals surface area contributed by atoms with Crippen LogP contribution in [0, 0.1) is 6.92 Å². The van der Waals surface area contributed by atoms with Crippen LogP contribution >= 0.6 is 22.9 Å². The van der Waals surface area contributed by atoms with Crippen LogP contribution in [0.5, 0.6) is 0 Å². The number of amides is 2. The highest BCUT2D eigenvalue weighted by atomic mass is 35.5. The first kappa shape index (κ1) is 15.9. The van der Waals surface area contributed by atoms with Crippen LogP contribution in [0.3, 0.4) is 0 Å². The SMILES string of the molecule is Cc1csc2nc(C(=O)N3CCN(C4CCCC4)C(=O)C3)c(Cl)n12. The fourth-order valence-electron chi connectivity index (χ4n) is 3.70. The van der Waals surface area contributed by atoms with Crippen molar-refractivity contribution in [2.75, 3.05) is 19.6 Å². The van der Waals surface area contributed by atoms with E-state index in [2.05, 4.69) is 4.98 Å². The summed E-state index contributed by atoms with van der Waals surface area (Å²) >= 11 is 7.80. The molecule has 8 heteroatoms. The minimum Gasteiger partial charge on any atom is -0.336 e. The van der Waals surface area contributed by atoms with E-state index in [1.165, 1.54) is 24.2 Å². The van der Waals surface area contributed by atoms with E-state index in [9.17, 15) is 9.59 Å². The highest BCUT2D eigenvalue weighted by Crippen LogP contribution is 2.27. The summed E-state index contributed by atoms with van der Waals surface area (Å²) in [6, 6.07) is 0.360. The molecule has 0 radical (unpaired) electrons. The standard InChI is InChI=1S/C16H19ClN4O2S/c1-10-9-24-16-18-13(14(17)21(10)16)15(23)19-6-7-20(12(22)8-19)11-4-2-3-5-11/h9,11H,2-8H2,1H3. The van der Waals surface area contributed by atoms with E-state index in [1.54, 1.807) is 9.30 Å². The van der Waals surface area contributed by atoms with Crippen molar-refractivity contribution in [3.05, 3.63) is 21.9 Å². The molecule has 0 N–H and O–H groups in total. The average Bonchev–Trinajstić information content (AvgIpc) is 3.27. The number of aromatic nitrogens is 2. The number of hydrogen-bond donors (Lipinski definition) is 0. The summed E-state index contributed by atoms with van der Waals surface area (Å²) < 4.78 is 1.77. The van der Waals surface area contributed by atoms with Gasteiger partial charge in [-0.1, -0.05) is 24.4 Å². The number of rotatable bonds is 2. The number of carbonyl (C=O) groups excluding carboxylic acids is 2. The van der Waals surface area contributed by atoms with E-state index in [4.69, 9.17) is 11.6 Å². The Kier molecular flexibility index (Phi) is 4.00. The first-order valence-corrected chi connectivity index (χ1v) is 9.53. The summed E-state index contributed by atoms with van der Waals surface area (Å²) in [5, 5.41) is 2.28. The van der Waals surface area contributed by atoms with Crippen LogP contribution in [0.25, 0.3) is 4.96 Å². The maximum atomic E-state index is 12.8. The number of imidazole rings is 1. The van der Waals surface area contributed by atoms with Crippen LogP contribution in [0.1, 0.15) is 41.9 Å². The predicted molar refractivity (Wildman–Crippen MR) is 92.7 cm³/mol. The van der Waals surface area contributed by atoms with Crippen LogP contribution in [0.2, 0.25) is 5.15 Å². The van der Waals surface area contributed by atoms with Gasteiger partial charge in [0, 0.05) is 30.2 Å². The zero-order valence-electron chi connectivity index (χ0n) is 13.5. The van der Waals surface area contributed by atoms with Crippen molar-refractivity contribution in [3.8, 4) is 0 Å². The highest BCUT2D eigenvalue weighted by Gasteiger charge is 2.34. The molecule has 2 amide bonds. The fourth-order valence-corrected chi connectivity index (χ4v) is 4.96. The molecule has 128 valence electrons. The van der Waals surface area contributed by atoms with E-state index in [0.717, 1.165) is 18.5 Å². The molecule has 1 aliphatic heterocycles. The molecule has 0 unspecified atom stereocenters. The highest BCUT2D eigenvalue weighted by molar-refractivity contribution is 7.15. The van der Waals surface area contributed by atoms with Gasteiger partial charge in [-0.2, -0.15) is 0 Å². The third-order valence-corrected chi connectivity index (χ3v) is 6.28. The third-order valence-electron chi connectivity index (χ3n) is 4.99. The van der Waals surface area contributed by atoms with Crippen LogP contribution in [-0.2, 0) is 4.79 Å². The van der Waals surface area contributed by atoms with E-state index in [-0.39, 0.29) is 24.1 Å². The molecule has 1 aliphatic carbocycles. The van der Waals surface area contributed by atoms with E-state index >= 15 is 0 Å². The molecule has 2 aliphatic rings. The first-order chi connectivity index (χ1) is 11.6. The topological polar surface area (TPSA) is 57.9 Å². The molecule has 2 aromatic heterocycles. The quantitative estimate of drug-likeness (QED) is 0.820. The minimum atomic E-state index is -0.255. The number of fused-ring (bicyclic) bond motifs is 1. The number of carbonyl (C=O) groups is 2. The zero-order valence-corrected chi connectivity index (χ0v) is 15.1. The molecule has 2 fully saturated rings. The van der Waals surface area contributed by atoms with Crippen LogP contribution in [0.15, 0.2) is 5.38 Å². The molecule has 1 saturated carbocycles. The molecule has 0 atom stereocenters. The largest absolute Gasteiger partial charge is 0.336 e. The van der Waals surface area contributed by atoms with Crippen molar-refractivity contribution >= 4 is 39.7 Å². The van der Waals surface area contributed by atoms with Gasteiger partial charge in [-0.25, -0.2) is 4.98 Å². The van der Waals surface area contributed by atoms with Gasteiger partial charge in [0.15, 0.2) is 10.7 Å². The number of piperazine rings is 1. The van der Waals surface area contributed by atoms with Crippen molar-refractivity contribution < 1.29 is 9.59 Å². The minimum absolute atomic E-state index is 0.0369. The maximum absolute atomic E-state index is 12.8. The Bertz CT molecular complexity index is 808. The van der Waals surface area contributed by atoms with Gasteiger partial charge in [0.1, 0.15) is 11.7 Å². The van der Waals surface area contributed by atoms with Crippen molar-refractivity contribution in [1.82, 2.24) is 19.2 Å². The summed E-state index contributed by atoms with van der Waals surface area (Å²) in [7, 11) is 0. The lowest BCUT2D eigenvalue weighted by atomic mass is 10.1. The number of thiazole rings is 1. The van der Waals surface area contributed by atoms with E-state index < -0.39 is 0 Å². The molecule has 1 saturated heterocycles. The van der Waals surface area contributed by atoms with Gasteiger partial charge in [0.25, 0.3) is 5.91 Å². The summed E-state index contributed by atoms with van der Waals surface area (Å²) in [5.74, 6) is -0.218. The van der Waals surface area contributed by atoms with Crippen molar-refractivity contribution in [3.63, 3.8) is 0 Å². The lowest BCUT2D eigenvalue weighted by molar-refractivity contribution is -0.137. The van der Waals surface area contributed by atoms with Crippen LogP contribution < -0.4 is 0 Å². The summed E-state index contributed by atoms with van der Waals surface area (Å²) in [6.45, 7) is 3.20. The van der Waals surface area contributed by atoms with Gasteiger partial charge >= 0.3 is 0 Å². The summed E-state index contributed by atoms with van der Waals surface area (Å²) in [6.07, 6.45) is 4.55. The van der Waals surface area contributed by atoms with Gasteiger partial charge in [0.05, 0.1) is 0 Å². The Morgan fingerprint density at radius 1 is 1.33 bits per heavy atom. The number of nitrogens with zero attached hydrogens (tertiary/aromatic N) is 4. The first-order valence-electron chi connectivity index (χ1n) is 8.27. The van der Waals surface area contributed by atoms with Gasteiger partial charge in [0.2, 0.25) is 5.91 Å². The Morgan fingerprint density at radius 2 is 2.08 bits per heavy atom. The van der Waals surface area contributed by atoms with Crippen LogP contribution in [0.4, 0.5) is 0 Å². The lowest BCUT2D eigenvalue weighted by Gasteiger charge is -2.37. The molecule has 6 nitrogen and oxygen atoms in total. The maximum Gasteiger partial charge on any atom is 0.276 e. The van der Waals surface area contributed by atoms with Crippen molar-refractivity contribution in [1.29, 1.82) is 0 Å². The third kappa shape index (κ3) is 2.50. The lowest BCUT2D eigenvalue weighted by Crippen LogP contribution is -2.55. The second-order valence-electron chi connectivity index (χ2n) is 6.50. The number of halogens is 1. The Labute approximate surface area is 149 Å². The fraction of sp³-hybridized carbons (Fsp3) is 0.562. The average molecular weight is 367 g/mol. The Hall–Kier alpha value is -1.60. The summed E-state index contributed by atoms with van der Waals surface area (Å²) in [5.41, 5.74) is 1.20. The molecule has 2 aromatic rings. The molecule has 3 heterocycles. The molecule has 24 heavy (non-hydrogen) atoms. The zero-order chi connectivity index (χ0) is 16.8. The molecule has 0 spiro atoms. The number of hydrogen-bond acceptors (Lipinski definition) is 4. The van der Waals surface area contributed by atoms with Crippen LogP contribution in [-0.4, -0.2) is 56.7 Å². The van der Waals surface area contributed by atoms with Gasteiger partial charge in [-0.05, 0) is 19.8 Å². The second-order valence-corrected chi connectivity index (χ2v) is 7.69. The smallest absolute Gasteiger partial charge is 0.276 e. The monoisotopic (exact) mass is 366 g/mol. The normalized spacial score (nSPS) is 19.7. The van der Waals surface area contributed by atoms with Gasteiger partial charge in [-0.3, -0.25) is 14.0 Å². The van der Waals surface area contributed by atoms with Gasteiger partial charge in [-0.15, -0.1) is 11.3 Å². The molecule has 0 bridgehead atoms. The van der Waals surface area contributed by atoms with Gasteiger partial charge < -0.3 is 9.80 Å². The molecule has 4 rings (SSSR count). The van der Waals surface area contributed by atoms with E-state index in [0.29, 0.717) is 29.2 Å². The second kappa shape index (κ2) is 6.04. The van der Waals surface area contributed by atoms with Crippen molar-refractivity contribution in [2.45, 2.75) is 38.6 Å². The predicted octanol–water partition coefficient (Wildman–Crippen LogP) is 2.58. The van der Waals surface area contributed by atoms with E-state index in [1.807, 2.05) is 17.2 Å². The summed E-state index contributed by atoms with van der Waals surface area (Å²) in [4.78, 5) is 33.8. The van der Waals surface area contributed by atoms with Crippen molar-refractivity contribution in [2.24, 2.45) is 0 Å². The number of aryl methyl sites for hydroxylation is 1. The molecular weight excluding hydrogens is 348 g/mol. The molecular formula is C16H19ClN4O2S. The Balaban J connectivity index is 1.52.